The lowest BCUT2D eigenvalue weighted by Crippen LogP contribution is -2.53. The number of nitrogens with one attached hydrogen (secondary N) is 1. The summed E-state index contributed by atoms with van der Waals surface area (Å²) in [6.07, 6.45) is 0.0903. The van der Waals surface area contributed by atoms with Crippen molar-refractivity contribution in [2.45, 2.75) is 42.4 Å². The molecule has 0 aromatic heterocycles. The van der Waals surface area contributed by atoms with E-state index in [9.17, 15) is 18.0 Å². The molecule has 0 saturated carbocycles. The lowest BCUT2D eigenvalue weighted by atomic mass is 9.95. The zero-order valence-electron chi connectivity index (χ0n) is 17.7. The van der Waals surface area contributed by atoms with Crippen molar-refractivity contribution in [2.24, 2.45) is 0 Å². The van der Waals surface area contributed by atoms with Gasteiger partial charge in [0.2, 0.25) is 0 Å². The number of carboxylic acids is 1. The summed E-state index contributed by atoms with van der Waals surface area (Å²) in [5, 5.41) is 9.46. The van der Waals surface area contributed by atoms with Gasteiger partial charge in [0.05, 0.1) is 29.0 Å². The number of likely N-dealkylation sites (N-methyl/N-ethyl adjacent to an activating group) is 1. The number of carbonyl (C=O) groups excluding carboxylic acids is 1. The van der Waals surface area contributed by atoms with Gasteiger partial charge in [0.15, 0.2) is 0 Å². The smallest absolute Gasteiger partial charge is 0.305 e. The fourth-order valence-electron chi connectivity index (χ4n) is 4.11. The summed E-state index contributed by atoms with van der Waals surface area (Å²) in [5.41, 5.74) is 0.438. The highest BCUT2D eigenvalue weighted by Crippen LogP contribution is 2.33. The van der Waals surface area contributed by atoms with Crippen LogP contribution in [-0.4, -0.2) is 62.2 Å². The molecule has 176 valence electrons. The van der Waals surface area contributed by atoms with E-state index in [1.54, 1.807) is 11.9 Å². The first-order valence-electron chi connectivity index (χ1n) is 10.3. The molecule has 2 heterocycles. The average Bonchev–Trinajstić information content (AvgIpc) is 2.76. The first-order valence-corrected chi connectivity index (χ1v) is 12.2. The fourth-order valence-corrected chi connectivity index (χ4v) is 5.29. The molecule has 0 unspecified atom stereocenters. The first-order chi connectivity index (χ1) is 15.6. The van der Waals surface area contributed by atoms with E-state index in [0.29, 0.717) is 23.6 Å². The van der Waals surface area contributed by atoms with Crippen LogP contribution < -0.4 is 9.46 Å². The van der Waals surface area contributed by atoms with Crippen molar-refractivity contribution in [1.29, 1.82) is 0 Å². The van der Waals surface area contributed by atoms with Gasteiger partial charge in [-0.15, -0.1) is 0 Å². The molecule has 3 atom stereocenters. The van der Waals surface area contributed by atoms with E-state index in [-0.39, 0.29) is 41.1 Å². The average molecular weight is 495 g/mol. The van der Waals surface area contributed by atoms with Gasteiger partial charge in [-0.1, -0.05) is 11.6 Å². The Morgan fingerprint density at radius 3 is 2.64 bits per heavy atom. The molecule has 2 aromatic rings. The van der Waals surface area contributed by atoms with Crippen LogP contribution in [0.1, 0.15) is 29.6 Å². The van der Waals surface area contributed by atoms with Crippen molar-refractivity contribution in [3.05, 3.63) is 53.1 Å². The first kappa shape index (κ1) is 23.3. The maximum Gasteiger partial charge on any atom is 0.305 e. The number of nitrogens with zero attached hydrogens (tertiary/aromatic N) is 1. The van der Waals surface area contributed by atoms with Gasteiger partial charge in [-0.3, -0.25) is 14.3 Å². The molecule has 2 aliphatic heterocycles. The SMILES string of the molecule is CN1C(=O)c2cc(NS(=O)(=O)c3ccc(Cl)cc3)ccc2OC[C@@H]2O[C@H](CC(=O)O)CC[C@@H]21. The number of anilines is 1. The number of carboxylic acid groups (broad SMARTS) is 1. The molecule has 0 radical (unpaired) electrons. The molecule has 2 N–H and O–H groups in total. The fraction of sp³-hybridized carbons (Fsp3) is 0.364. The van der Waals surface area contributed by atoms with Crippen molar-refractivity contribution < 1.29 is 32.6 Å². The second kappa shape index (κ2) is 9.20. The minimum Gasteiger partial charge on any atom is -0.490 e. The molecular formula is C22H23ClN2O7S. The Hall–Kier alpha value is -2.82. The van der Waals surface area contributed by atoms with Gasteiger partial charge in [0.25, 0.3) is 15.9 Å². The molecule has 0 spiro atoms. The maximum absolute atomic E-state index is 13.2. The largest absolute Gasteiger partial charge is 0.490 e. The standard InChI is InChI=1S/C22H23ClN2O7S/c1-25-18-8-5-15(11-21(26)27)32-20(18)12-31-19-9-4-14(10-17(19)22(25)28)24-33(29,30)16-6-2-13(23)3-7-16/h2-4,6-7,9-10,15,18,20,24H,5,8,11-12H2,1H3,(H,26,27)/t15-,18-,20-/m0/s1. The van der Waals surface area contributed by atoms with Crippen LogP contribution in [-0.2, 0) is 19.6 Å². The Bertz CT molecular complexity index is 1170. The van der Waals surface area contributed by atoms with E-state index >= 15 is 0 Å². The van der Waals surface area contributed by atoms with Gasteiger partial charge in [0.1, 0.15) is 18.5 Å². The summed E-state index contributed by atoms with van der Waals surface area (Å²) in [5.74, 6) is -0.982. The summed E-state index contributed by atoms with van der Waals surface area (Å²) < 4.78 is 39.6. The zero-order valence-corrected chi connectivity index (χ0v) is 19.3. The lowest BCUT2D eigenvalue weighted by Gasteiger charge is -2.42. The number of amides is 1. The van der Waals surface area contributed by atoms with Crippen LogP contribution in [0.3, 0.4) is 0 Å². The molecule has 4 rings (SSSR count). The molecule has 0 aliphatic carbocycles. The third-order valence-electron chi connectivity index (χ3n) is 5.79. The predicted molar refractivity (Wildman–Crippen MR) is 120 cm³/mol. The monoisotopic (exact) mass is 494 g/mol. The van der Waals surface area contributed by atoms with Crippen LogP contribution >= 0.6 is 11.6 Å². The quantitative estimate of drug-likeness (QED) is 0.655. The molecule has 1 saturated heterocycles. The molecule has 1 amide bonds. The molecule has 33 heavy (non-hydrogen) atoms. The predicted octanol–water partition coefficient (Wildman–Crippen LogP) is 3.00. The number of benzene rings is 2. The topological polar surface area (TPSA) is 122 Å². The lowest BCUT2D eigenvalue weighted by molar-refractivity contribution is -0.148. The number of rotatable bonds is 5. The zero-order chi connectivity index (χ0) is 23.8. The summed E-state index contributed by atoms with van der Waals surface area (Å²) in [6.45, 7) is 0.140. The van der Waals surface area contributed by atoms with Gasteiger partial charge in [0, 0.05) is 17.8 Å². The second-order valence-corrected chi connectivity index (χ2v) is 10.2. The second-order valence-electron chi connectivity index (χ2n) is 8.04. The maximum atomic E-state index is 13.2. The van der Waals surface area contributed by atoms with Gasteiger partial charge in [-0.05, 0) is 55.3 Å². The van der Waals surface area contributed by atoms with E-state index in [4.69, 9.17) is 26.2 Å². The van der Waals surface area contributed by atoms with Crippen molar-refractivity contribution in [1.82, 2.24) is 4.90 Å². The Balaban J connectivity index is 1.57. The van der Waals surface area contributed by atoms with E-state index in [1.165, 1.54) is 42.5 Å². The highest BCUT2D eigenvalue weighted by Gasteiger charge is 2.39. The molecule has 0 bridgehead atoms. The van der Waals surface area contributed by atoms with Crippen LogP contribution in [0.4, 0.5) is 5.69 Å². The van der Waals surface area contributed by atoms with Crippen LogP contribution in [0.15, 0.2) is 47.4 Å². The van der Waals surface area contributed by atoms with E-state index in [1.807, 2.05) is 0 Å². The summed E-state index contributed by atoms with van der Waals surface area (Å²) in [7, 11) is -2.23. The summed E-state index contributed by atoms with van der Waals surface area (Å²) >= 11 is 5.83. The highest BCUT2D eigenvalue weighted by molar-refractivity contribution is 7.92. The number of hydrogen-bond acceptors (Lipinski definition) is 6. The molecule has 2 aromatic carbocycles. The number of sulfonamides is 1. The van der Waals surface area contributed by atoms with Crippen molar-refractivity contribution >= 4 is 39.2 Å². The van der Waals surface area contributed by atoms with Crippen LogP contribution in [0, 0.1) is 0 Å². The van der Waals surface area contributed by atoms with E-state index in [2.05, 4.69) is 4.72 Å². The number of carbonyl (C=O) groups is 2. The summed E-state index contributed by atoms with van der Waals surface area (Å²) in [4.78, 5) is 25.9. The molecule has 1 fully saturated rings. The van der Waals surface area contributed by atoms with Gasteiger partial charge in [-0.25, -0.2) is 8.42 Å². The number of aliphatic carboxylic acids is 1. The highest BCUT2D eigenvalue weighted by atomic mass is 35.5. The van der Waals surface area contributed by atoms with Gasteiger partial charge in [-0.2, -0.15) is 0 Å². The molecule has 11 heteroatoms. The van der Waals surface area contributed by atoms with E-state index in [0.717, 1.165) is 0 Å². The third kappa shape index (κ3) is 5.07. The van der Waals surface area contributed by atoms with Gasteiger partial charge < -0.3 is 19.5 Å². The van der Waals surface area contributed by atoms with Gasteiger partial charge >= 0.3 is 5.97 Å². The number of ether oxygens (including phenoxy) is 2. The summed E-state index contributed by atoms with van der Waals surface area (Å²) in [6, 6.07) is 9.93. The number of halogens is 1. The van der Waals surface area contributed by atoms with Crippen LogP contribution in [0.25, 0.3) is 0 Å². The molecule has 9 nitrogen and oxygen atoms in total. The Kier molecular flexibility index (Phi) is 6.51. The number of fused-ring (bicyclic) bond motifs is 2. The third-order valence-corrected chi connectivity index (χ3v) is 7.44. The Morgan fingerprint density at radius 2 is 1.94 bits per heavy atom. The molecular weight excluding hydrogens is 472 g/mol. The minimum atomic E-state index is -3.88. The number of hydrogen-bond donors (Lipinski definition) is 2. The molecule has 2 aliphatic rings. The normalized spacial score (nSPS) is 22.9. The minimum absolute atomic E-state index is 0.0384. The Morgan fingerprint density at radius 1 is 1.21 bits per heavy atom. The Labute approximate surface area is 196 Å². The van der Waals surface area contributed by atoms with Crippen molar-refractivity contribution in [3.63, 3.8) is 0 Å². The van der Waals surface area contributed by atoms with E-state index < -0.39 is 28.2 Å². The van der Waals surface area contributed by atoms with Crippen LogP contribution in [0.5, 0.6) is 5.75 Å². The van der Waals surface area contributed by atoms with Crippen molar-refractivity contribution in [3.8, 4) is 5.75 Å². The van der Waals surface area contributed by atoms with Crippen molar-refractivity contribution in [2.75, 3.05) is 18.4 Å². The van der Waals surface area contributed by atoms with Crippen LogP contribution in [0.2, 0.25) is 5.02 Å².